The molecule has 0 atom stereocenters. The van der Waals surface area contributed by atoms with Gasteiger partial charge in [-0.05, 0) is 44.9 Å². The van der Waals surface area contributed by atoms with E-state index in [9.17, 15) is 4.79 Å². The molecule has 0 saturated carbocycles. The Balaban J connectivity index is 2.26. The minimum atomic E-state index is -0.457. The fraction of sp³-hybridized carbons (Fsp3) is 0.400. The zero-order valence-electron chi connectivity index (χ0n) is 11.8. The quantitative estimate of drug-likeness (QED) is 0.647. The van der Waals surface area contributed by atoms with E-state index >= 15 is 0 Å². The lowest BCUT2D eigenvalue weighted by atomic mass is 10.2. The highest BCUT2D eigenvalue weighted by Gasteiger charge is 2.14. The van der Waals surface area contributed by atoms with Crippen molar-refractivity contribution in [3.63, 3.8) is 0 Å². The SMILES string of the molecule is CC(C)(C)OC(=O)NCCC=Cc1cccc(N)c1. The van der Waals surface area contributed by atoms with Gasteiger partial charge in [-0.1, -0.05) is 24.3 Å². The van der Waals surface area contributed by atoms with Crippen LogP contribution in [-0.2, 0) is 4.74 Å². The number of carbonyl (C=O) groups excluding carboxylic acids is 1. The summed E-state index contributed by atoms with van der Waals surface area (Å²) in [4.78, 5) is 11.4. The van der Waals surface area contributed by atoms with E-state index in [1.807, 2.05) is 57.2 Å². The average Bonchev–Trinajstić information content (AvgIpc) is 2.26. The molecule has 1 amide bonds. The summed E-state index contributed by atoms with van der Waals surface area (Å²) in [5.74, 6) is 0. The molecule has 1 aromatic rings. The summed E-state index contributed by atoms with van der Waals surface area (Å²) in [6, 6.07) is 7.64. The van der Waals surface area contributed by atoms with Gasteiger partial charge in [0.25, 0.3) is 0 Å². The summed E-state index contributed by atoms with van der Waals surface area (Å²) >= 11 is 0. The minimum absolute atomic E-state index is 0.384. The molecule has 1 rings (SSSR count). The lowest BCUT2D eigenvalue weighted by Gasteiger charge is -2.19. The number of nitrogens with one attached hydrogen (secondary N) is 1. The summed E-state index contributed by atoms with van der Waals surface area (Å²) in [5.41, 5.74) is 7.02. The van der Waals surface area contributed by atoms with Crippen molar-refractivity contribution >= 4 is 17.9 Å². The molecule has 3 N–H and O–H groups in total. The lowest BCUT2D eigenvalue weighted by Crippen LogP contribution is -2.32. The van der Waals surface area contributed by atoms with Gasteiger partial charge < -0.3 is 15.8 Å². The molecule has 19 heavy (non-hydrogen) atoms. The molecule has 0 unspecified atom stereocenters. The van der Waals surface area contributed by atoms with Crippen molar-refractivity contribution in [1.82, 2.24) is 5.32 Å². The van der Waals surface area contributed by atoms with Crippen LogP contribution in [0.25, 0.3) is 6.08 Å². The van der Waals surface area contributed by atoms with Gasteiger partial charge in [-0.2, -0.15) is 0 Å². The van der Waals surface area contributed by atoms with Gasteiger partial charge in [0.1, 0.15) is 5.60 Å². The number of hydrogen-bond acceptors (Lipinski definition) is 3. The van der Waals surface area contributed by atoms with Crippen LogP contribution in [-0.4, -0.2) is 18.2 Å². The standard InChI is InChI=1S/C15H22N2O2/c1-15(2,3)19-14(18)17-10-5-4-7-12-8-6-9-13(16)11-12/h4,6-9,11H,5,10,16H2,1-3H3,(H,17,18). The Bertz CT molecular complexity index is 448. The third kappa shape index (κ3) is 7.13. The van der Waals surface area contributed by atoms with E-state index < -0.39 is 5.60 Å². The summed E-state index contributed by atoms with van der Waals surface area (Å²) in [7, 11) is 0. The van der Waals surface area contributed by atoms with Gasteiger partial charge in [0.05, 0.1) is 0 Å². The highest BCUT2D eigenvalue weighted by molar-refractivity contribution is 5.67. The molecule has 0 aliphatic rings. The minimum Gasteiger partial charge on any atom is -0.444 e. The van der Waals surface area contributed by atoms with E-state index in [-0.39, 0.29) is 6.09 Å². The van der Waals surface area contributed by atoms with Crippen molar-refractivity contribution in [3.05, 3.63) is 35.9 Å². The number of alkyl carbamates (subject to hydrolysis) is 1. The average molecular weight is 262 g/mol. The molecular weight excluding hydrogens is 240 g/mol. The first-order valence-electron chi connectivity index (χ1n) is 6.36. The monoisotopic (exact) mass is 262 g/mol. The van der Waals surface area contributed by atoms with Crippen LogP contribution in [0.3, 0.4) is 0 Å². The van der Waals surface area contributed by atoms with Crippen LogP contribution < -0.4 is 11.1 Å². The second kappa shape index (κ2) is 6.83. The molecular formula is C15H22N2O2. The van der Waals surface area contributed by atoms with Crippen LogP contribution in [0, 0.1) is 0 Å². The Kier molecular flexibility index (Phi) is 5.42. The van der Waals surface area contributed by atoms with E-state index in [4.69, 9.17) is 10.5 Å². The molecule has 0 aromatic heterocycles. The molecule has 104 valence electrons. The fourth-order valence-electron chi connectivity index (χ4n) is 1.45. The molecule has 0 radical (unpaired) electrons. The number of benzene rings is 1. The van der Waals surface area contributed by atoms with Crippen LogP contribution in [0.2, 0.25) is 0 Å². The first kappa shape index (κ1) is 15.1. The van der Waals surface area contributed by atoms with E-state index in [0.29, 0.717) is 6.54 Å². The van der Waals surface area contributed by atoms with E-state index in [1.165, 1.54) is 0 Å². The van der Waals surface area contributed by atoms with Crippen molar-refractivity contribution in [2.24, 2.45) is 0 Å². The topological polar surface area (TPSA) is 64.3 Å². The molecule has 4 nitrogen and oxygen atoms in total. The molecule has 0 fully saturated rings. The highest BCUT2D eigenvalue weighted by atomic mass is 16.6. The van der Waals surface area contributed by atoms with Crippen molar-refractivity contribution in [2.75, 3.05) is 12.3 Å². The summed E-state index contributed by atoms with van der Waals surface area (Å²) in [6.07, 6.45) is 4.33. The zero-order valence-corrected chi connectivity index (χ0v) is 11.8. The fourth-order valence-corrected chi connectivity index (χ4v) is 1.45. The smallest absolute Gasteiger partial charge is 0.407 e. The first-order chi connectivity index (χ1) is 8.87. The second-order valence-electron chi connectivity index (χ2n) is 5.29. The van der Waals surface area contributed by atoms with Gasteiger partial charge in [-0.15, -0.1) is 0 Å². The van der Waals surface area contributed by atoms with Crippen molar-refractivity contribution in [3.8, 4) is 0 Å². The van der Waals surface area contributed by atoms with E-state index in [2.05, 4.69) is 5.32 Å². The Morgan fingerprint density at radius 2 is 2.16 bits per heavy atom. The van der Waals surface area contributed by atoms with E-state index in [0.717, 1.165) is 17.7 Å². The van der Waals surface area contributed by atoms with Gasteiger partial charge in [0, 0.05) is 12.2 Å². The maximum Gasteiger partial charge on any atom is 0.407 e. The van der Waals surface area contributed by atoms with Crippen LogP contribution in [0.5, 0.6) is 0 Å². The molecule has 0 saturated heterocycles. The number of amides is 1. The second-order valence-corrected chi connectivity index (χ2v) is 5.29. The third-order valence-corrected chi connectivity index (χ3v) is 2.20. The maximum absolute atomic E-state index is 11.4. The first-order valence-corrected chi connectivity index (χ1v) is 6.36. The Hall–Kier alpha value is -1.97. The largest absolute Gasteiger partial charge is 0.444 e. The lowest BCUT2D eigenvalue weighted by molar-refractivity contribution is 0.0529. The molecule has 0 aliphatic carbocycles. The molecule has 0 heterocycles. The predicted octanol–water partition coefficient (Wildman–Crippen LogP) is 3.20. The third-order valence-electron chi connectivity index (χ3n) is 2.20. The summed E-state index contributed by atoms with van der Waals surface area (Å²) < 4.78 is 5.13. The molecule has 0 bridgehead atoms. The number of anilines is 1. The van der Waals surface area contributed by atoms with Crippen LogP contribution in [0.4, 0.5) is 10.5 Å². The molecule has 0 spiro atoms. The van der Waals surface area contributed by atoms with Gasteiger partial charge in [0.15, 0.2) is 0 Å². The molecule has 4 heteroatoms. The number of ether oxygens (including phenoxy) is 1. The molecule has 1 aromatic carbocycles. The predicted molar refractivity (Wildman–Crippen MR) is 78.7 cm³/mol. The van der Waals surface area contributed by atoms with Crippen LogP contribution >= 0.6 is 0 Å². The van der Waals surface area contributed by atoms with Crippen molar-refractivity contribution < 1.29 is 9.53 Å². The summed E-state index contributed by atoms with van der Waals surface area (Å²) in [5, 5.41) is 2.70. The number of carbonyl (C=O) groups is 1. The van der Waals surface area contributed by atoms with Gasteiger partial charge in [-0.25, -0.2) is 4.79 Å². The maximum atomic E-state index is 11.4. The highest BCUT2D eigenvalue weighted by Crippen LogP contribution is 2.08. The van der Waals surface area contributed by atoms with Gasteiger partial charge in [-0.3, -0.25) is 0 Å². The zero-order chi connectivity index (χ0) is 14.3. The normalized spacial score (nSPS) is 11.5. The van der Waals surface area contributed by atoms with Crippen molar-refractivity contribution in [2.45, 2.75) is 32.8 Å². The Labute approximate surface area is 114 Å². The Morgan fingerprint density at radius 1 is 1.42 bits per heavy atom. The van der Waals surface area contributed by atoms with Crippen LogP contribution in [0.15, 0.2) is 30.3 Å². The number of hydrogen-bond donors (Lipinski definition) is 2. The number of nitrogen functional groups attached to an aromatic ring is 1. The molecule has 0 aliphatic heterocycles. The summed E-state index contributed by atoms with van der Waals surface area (Å²) in [6.45, 7) is 6.07. The number of nitrogens with two attached hydrogens (primary N) is 1. The van der Waals surface area contributed by atoms with Gasteiger partial charge >= 0.3 is 6.09 Å². The van der Waals surface area contributed by atoms with E-state index in [1.54, 1.807) is 0 Å². The van der Waals surface area contributed by atoms with Gasteiger partial charge in [0.2, 0.25) is 0 Å². The Morgan fingerprint density at radius 3 is 2.79 bits per heavy atom. The number of rotatable bonds is 4. The van der Waals surface area contributed by atoms with Crippen LogP contribution in [0.1, 0.15) is 32.8 Å². The van der Waals surface area contributed by atoms with Crippen molar-refractivity contribution in [1.29, 1.82) is 0 Å².